The van der Waals surface area contributed by atoms with Crippen molar-refractivity contribution in [2.24, 2.45) is 0 Å². The number of rotatable bonds is 9. The zero-order valence-corrected chi connectivity index (χ0v) is 19.5. The van der Waals surface area contributed by atoms with Crippen LogP contribution in [-0.2, 0) is 33.4 Å². The van der Waals surface area contributed by atoms with Crippen molar-refractivity contribution >= 4 is 10.0 Å². The summed E-state index contributed by atoms with van der Waals surface area (Å²) in [5.41, 5.74) is 0.820. The Morgan fingerprint density at radius 2 is 2.03 bits per heavy atom. The van der Waals surface area contributed by atoms with Crippen LogP contribution in [0.1, 0.15) is 51.5 Å². The molecule has 8 nitrogen and oxygen atoms in total. The Morgan fingerprint density at radius 3 is 2.58 bits per heavy atom. The van der Waals surface area contributed by atoms with Gasteiger partial charge in [-0.2, -0.15) is 9.40 Å². The fraction of sp³-hybridized carbons (Fsp3) is 0.619. The molecule has 1 aromatic heterocycles. The number of benzene rings is 1. The minimum atomic E-state index is -3.45. The maximum Gasteiger partial charge on any atom is 0.211 e. The molecule has 1 aliphatic rings. The van der Waals surface area contributed by atoms with E-state index in [1.807, 2.05) is 27.0 Å². The standard InChI is InChI=1S/C21H32FN5O3S.H2/c1-5-16(2)27(31(4,28)29)13-17-6-7-18(12-19(17)22)21(8-10-30-11-9-21)26(3)14-20-23-15-24-25-20;/h6-7,12,15-16H,5,8-11,13-14H2,1-4H3,(H,23,24,25);1H/t16-;/m0./s1. The van der Waals surface area contributed by atoms with E-state index < -0.39 is 21.4 Å². The van der Waals surface area contributed by atoms with Crippen LogP contribution in [0.5, 0.6) is 0 Å². The average Bonchev–Trinajstić information content (AvgIpc) is 3.25. The van der Waals surface area contributed by atoms with E-state index in [0.29, 0.717) is 31.7 Å². The normalized spacial score (nSPS) is 17.9. The summed E-state index contributed by atoms with van der Waals surface area (Å²) in [6, 6.07) is 4.97. The van der Waals surface area contributed by atoms with Crippen LogP contribution in [0.4, 0.5) is 4.39 Å². The smallest absolute Gasteiger partial charge is 0.211 e. The number of nitrogens with one attached hydrogen (secondary N) is 1. The number of aromatic amines is 1. The van der Waals surface area contributed by atoms with Crippen LogP contribution in [0.2, 0.25) is 0 Å². The lowest BCUT2D eigenvalue weighted by molar-refractivity contribution is -0.0257. The van der Waals surface area contributed by atoms with Gasteiger partial charge in [0, 0.05) is 32.8 Å². The Bertz CT molecular complexity index is 968. The highest BCUT2D eigenvalue weighted by molar-refractivity contribution is 7.88. The molecule has 31 heavy (non-hydrogen) atoms. The summed E-state index contributed by atoms with van der Waals surface area (Å²) in [5, 5.41) is 6.79. The molecule has 0 bridgehead atoms. The minimum absolute atomic E-state index is 0. The summed E-state index contributed by atoms with van der Waals surface area (Å²) in [6.07, 6.45) is 4.74. The molecule has 0 saturated carbocycles. The SMILES string of the molecule is CC[C@H](C)N(Cc1ccc(C2(N(C)Cc3ncn[nH]3)CCOCC2)cc1F)S(C)(=O)=O.[HH]. The monoisotopic (exact) mass is 455 g/mol. The van der Waals surface area contributed by atoms with E-state index in [2.05, 4.69) is 20.1 Å². The van der Waals surface area contributed by atoms with E-state index >= 15 is 4.39 Å². The number of halogens is 1. The first-order valence-corrected chi connectivity index (χ1v) is 12.4. The summed E-state index contributed by atoms with van der Waals surface area (Å²) in [7, 11) is -1.46. The highest BCUT2D eigenvalue weighted by Crippen LogP contribution is 2.39. The van der Waals surface area contributed by atoms with Crippen molar-refractivity contribution in [1.82, 2.24) is 24.4 Å². The third kappa shape index (κ3) is 5.31. The number of H-pyrrole nitrogens is 1. The third-order valence-corrected chi connectivity index (χ3v) is 7.67. The minimum Gasteiger partial charge on any atom is -0.381 e. The first-order chi connectivity index (χ1) is 14.7. The van der Waals surface area contributed by atoms with E-state index in [0.717, 1.165) is 24.2 Å². The van der Waals surface area contributed by atoms with Gasteiger partial charge in [-0.15, -0.1) is 0 Å². The average molecular weight is 456 g/mol. The molecule has 1 atom stereocenters. The van der Waals surface area contributed by atoms with Gasteiger partial charge >= 0.3 is 0 Å². The van der Waals surface area contributed by atoms with Crippen molar-refractivity contribution in [1.29, 1.82) is 0 Å². The summed E-state index contributed by atoms with van der Waals surface area (Å²) in [4.78, 5) is 6.37. The molecule has 174 valence electrons. The van der Waals surface area contributed by atoms with Crippen LogP contribution >= 0.6 is 0 Å². The maximum absolute atomic E-state index is 15.2. The van der Waals surface area contributed by atoms with Crippen LogP contribution in [0.3, 0.4) is 0 Å². The number of ether oxygens (including phenoxy) is 1. The first kappa shape index (κ1) is 23.8. The second kappa shape index (κ2) is 9.72. The van der Waals surface area contributed by atoms with E-state index in [1.54, 1.807) is 12.1 Å². The lowest BCUT2D eigenvalue weighted by Gasteiger charge is -2.45. The van der Waals surface area contributed by atoms with Crippen LogP contribution < -0.4 is 0 Å². The summed E-state index contributed by atoms with van der Waals surface area (Å²) >= 11 is 0. The summed E-state index contributed by atoms with van der Waals surface area (Å²) in [5.74, 6) is 0.344. The topological polar surface area (TPSA) is 91.4 Å². The zero-order valence-electron chi connectivity index (χ0n) is 18.6. The molecule has 1 fully saturated rings. The second-order valence-electron chi connectivity index (χ2n) is 8.30. The Hall–Kier alpha value is -1.88. The highest BCUT2D eigenvalue weighted by atomic mass is 32.2. The van der Waals surface area contributed by atoms with Gasteiger partial charge in [0.1, 0.15) is 18.0 Å². The van der Waals surface area contributed by atoms with E-state index in [9.17, 15) is 8.42 Å². The molecule has 2 aromatic rings. The molecule has 0 aliphatic carbocycles. The summed E-state index contributed by atoms with van der Waals surface area (Å²) < 4.78 is 46.6. The van der Waals surface area contributed by atoms with Crippen LogP contribution in [0.25, 0.3) is 0 Å². The second-order valence-corrected chi connectivity index (χ2v) is 10.2. The molecule has 1 aromatic carbocycles. The molecular weight excluding hydrogens is 421 g/mol. The van der Waals surface area contributed by atoms with Gasteiger partial charge in [-0.1, -0.05) is 19.1 Å². The van der Waals surface area contributed by atoms with Crippen molar-refractivity contribution in [2.75, 3.05) is 26.5 Å². The van der Waals surface area contributed by atoms with E-state index in [-0.39, 0.29) is 14.0 Å². The molecular formula is C21H34FN5O3S. The molecule has 0 unspecified atom stereocenters. The number of hydrogen-bond donors (Lipinski definition) is 1. The van der Waals surface area contributed by atoms with Gasteiger partial charge in [0.2, 0.25) is 10.0 Å². The fourth-order valence-corrected chi connectivity index (χ4v) is 5.40. The van der Waals surface area contributed by atoms with Crippen molar-refractivity contribution in [3.05, 3.63) is 47.3 Å². The Balaban J connectivity index is 0.00000363. The van der Waals surface area contributed by atoms with Crippen LogP contribution in [-0.4, -0.2) is 65.4 Å². The van der Waals surface area contributed by atoms with E-state index in [4.69, 9.17) is 4.74 Å². The molecule has 1 saturated heterocycles. The molecule has 0 spiro atoms. The quantitative estimate of drug-likeness (QED) is 0.625. The number of nitrogens with zero attached hydrogens (tertiary/aromatic N) is 4. The van der Waals surface area contributed by atoms with E-state index in [1.165, 1.54) is 16.9 Å². The fourth-order valence-electron chi connectivity index (χ4n) is 4.22. The van der Waals surface area contributed by atoms with Gasteiger partial charge in [-0.05, 0) is 44.9 Å². The lowest BCUT2D eigenvalue weighted by atomic mass is 9.80. The number of hydrogen-bond acceptors (Lipinski definition) is 6. The van der Waals surface area contributed by atoms with Gasteiger partial charge in [0.25, 0.3) is 0 Å². The van der Waals surface area contributed by atoms with Gasteiger partial charge in [0.05, 0.1) is 18.3 Å². The van der Waals surface area contributed by atoms with Gasteiger partial charge in [-0.3, -0.25) is 10.00 Å². The predicted molar refractivity (Wildman–Crippen MR) is 118 cm³/mol. The molecule has 1 N–H and O–H groups in total. The summed E-state index contributed by atoms with van der Waals surface area (Å²) in [6.45, 7) is 5.48. The number of aromatic nitrogens is 3. The van der Waals surface area contributed by atoms with Crippen molar-refractivity contribution in [2.45, 2.75) is 57.8 Å². The first-order valence-electron chi connectivity index (χ1n) is 10.6. The van der Waals surface area contributed by atoms with Crippen LogP contribution in [0.15, 0.2) is 24.5 Å². The molecule has 0 amide bonds. The largest absolute Gasteiger partial charge is 0.381 e. The number of sulfonamides is 1. The van der Waals surface area contributed by atoms with Crippen molar-refractivity contribution in [3.8, 4) is 0 Å². The Morgan fingerprint density at radius 1 is 1.32 bits per heavy atom. The predicted octanol–water partition coefficient (Wildman–Crippen LogP) is 2.89. The molecule has 0 radical (unpaired) electrons. The molecule has 1 aliphatic heterocycles. The third-order valence-electron chi connectivity index (χ3n) is 6.33. The van der Waals surface area contributed by atoms with Crippen molar-refractivity contribution in [3.63, 3.8) is 0 Å². The lowest BCUT2D eigenvalue weighted by Crippen LogP contribution is -2.47. The van der Waals surface area contributed by atoms with Gasteiger partial charge in [0.15, 0.2) is 0 Å². The maximum atomic E-state index is 15.2. The van der Waals surface area contributed by atoms with Gasteiger partial charge < -0.3 is 4.74 Å². The van der Waals surface area contributed by atoms with Crippen molar-refractivity contribution < 1.29 is 19.0 Å². The molecule has 10 heteroatoms. The zero-order chi connectivity index (χ0) is 22.6. The van der Waals surface area contributed by atoms with Crippen LogP contribution in [0, 0.1) is 5.82 Å². The Kier molecular flexibility index (Phi) is 7.46. The highest BCUT2D eigenvalue weighted by Gasteiger charge is 2.39. The Labute approximate surface area is 185 Å². The molecule has 2 heterocycles. The molecule has 3 rings (SSSR count). The van der Waals surface area contributed by atoms with Gasteiger partial charge in [-0.25, -0.2) is 17.8 Å².